The fourth-order valence-electron chi connectivity index (χ4n) is 3.10. The minimum Gasteiger partial charge on any atom is -0.462 e. The lowest BCUT2D eigenvalue weighted by atomic mass is 9.98. The minimum atomic E-state index is -5.02. The smallest absolute Gasteiger partial charge is 0.416 e. The average molecular weight is 501 g/mol. The lowest BCUT2D eigenvalue weighted by molar-refractivity contribution is -0.143. The van der Waals surface area contributed by atoms with Crippen molar-refractivity contribution in [3.63, 3.8) is 0 Å². The van der Waals surface area contributed by atoms with Crippen LogP contribution in [-0.2, 0) is 12.4 Å². The molecule has 0 saturated heterocycles. The second-order valence-electron chi connectivity index (χ2n) is 7.03. The molecule has 0 unspecified atom stereocenters. The van der Waals surface area contributed by atoms with E-state index in [9.17, 15) is 31.1 Å². The van der Waals surface area contributed by atoms with Crippen molar-refractivity contribution in [2.75, 3.05) is 5.32 Å². The van der Waals surface area contributed by atoms with E-state index >= 15 is 0 Å². The molecule has 1 atom stereocenters. The van der Waals surface area contributed by atoms with Gasteiger partial charge in [0.25, 0.3) is 5.91 Å². The van der Waals surface area contributed by atoms with Crippen molar-refractivity contribution in [2.24, 2.45) is 0 Å². The predicted molar refractivity (Wildman–Crippen MR) is 108 cm³/mol. The van der Waals surface area contributed by atoms with E-state index in [1.54, 1.807) is 12.1 Å². The quantitative estimate of drug-likeness (QED) is 0.345. The van der Waals surface area contributed by atoms with Gasteiger partial charge in [0, 0.05) is 6.20 Å². The van der Waals surface area contributed by atoms with Crippen molar-refractivity contribution in [1.82, 2.24) is 20.0 Å². The number of benzene rings is 1. The Kier molecular flexibility index (Phi) is 5.93. The summed E-state index contributed by atoms with van der Waals surface area (Å²) < 4.78 is 85.5. The van der Waals surface area contributed by atoms with Crippen LogP contribution in [0.5, 0.6) is 0 Å². The molecule has 0 radical (unpaired) electrons. The molecule has 4 aromatic rings. The molecule has 3 aromatic heterocycles. The monoisotopic (exact) mass is 501 g/mol. The van der Waals surface area contributed by atoms with Crippen LogP contribution in [0, 0.1) is 0 Å². The molecule has 0 aliphatic heterocycles. The van der Waals surface area contributed by atoms with E-state index in [-0.39, 0.29) is 16.8 Å². The lowest BCUT2D eigenvalue weighted by Crippen LogP contribution is -2.17. The van der Waals surface area contributed by atoms with Crippen LogP contribution >= 0.6 is 11.3 Å². The number of halogens is 6. The van der Waals surface area contributed by atoms with Gasteiger partial charge in [-0.3, -0.25) is 9.48 Å². The van der Waals surface area contributed by atoms with E-state index in [4.69, 9.17) is 4.42 Å². The summed E-state index contributed by atoms with van der Waals surface area (Å²) in [5, 5.41) is 14.5. The molecule has 1 N–H and O–H groups in total. The van der Waals surface area contributed by atoms with Gasteiger partial charge in [-0.25, -0.2) is 0 Å². The first-order valence-electron chi connectivity index (χ1n) is 9.44. The number of nitrogens with one attached hydrogen (secondary N) is 1. The van der Waals surface area contributed by atoms with E-state index in [0.717, 1.165) is 22.1 Å². The molecule has 4 rings (SSSR count). The fourth-order valence-corrected chi connectivity index (χ4v) is 3.81. The maximum Gasteiger partial charge on any atom is 0.416 e. The second-order valence-corrected chi connectivity index (χ2v) is 8.00. The summed E-state index contributed by atoms with van der Waals surface area (Å²) >= 11 is 0.964. The molecule has 0 fully saturated rings. The largest absolute Gasteiger partial charge is 0.462 e. The Bertz CT molecular complexity index is 1310. The molecule has 7 nitrogen and oxygen atoms in total. The van der Waals surface area contributed by atoms with Crippen LogP contribution < -0.4 is 5.32 Å². The number of furan rings is 1. The maximum absolute atomic E-state index is 13.5. The Morgan fingerprint density at radius 2 is 1.88 bits per heavy atom. The van der Waals surface area contributed by atoms with Crippen LogP contribution in [0.1, 0.15) is 39.5 Å². The number of carbonyl (C=O) groups excluding carboxylic acids is 1. The third-order valence-electron chi connectivity index (χ3n) is 4.74. The zero-order chi connectivity index (χ0) is 24.7. The van der Waals surface area contributed by atoms with E-state index < -0.39 is 41.0 Å². The van der Waals surface area contributed by atoms with Gasteiger partial charge in [-0.2, -0.15) is 31.4 Å². The number of aromatic nitrogens is 4. The summed E-state index contributed by atoms with van der Waals surface area (Å²) in [5.41, 5.74) is -3.09. The van der Waals surface area contributed by atoms with Crippen molar-refractivity contribution in [2.45, 2.75) is 25.3 Å². The van der Waals surface area contributed by atoms with Gasteiger partial charge >= 0.3 is 12.4 Å². The van der Waals surface area contributed by atoms with Crippen LogP contribution in [0.2, 0.25) is 0 Å². The van der Waals surface area contributed by atoms with E-state index in [1.165, 1.54) is 25.6 Å². The molecule has 14 heteroatoms. The Balaban J connectivity index is 1.55. The molecule has 3 heterocycles. The van der Waals surface area contributed by atoms with Gasteiger partial charge < -0.3 is 9.73 Å². The SMILES string of the molecule is C[C@@H](c1ccc(C(F)(F)F)cc1C(F)(F)F)n1cc(NC(=O)c2nnc(-c3ccco3)s2)cn1. The van der Waals surface area contributed by atoms with Crippen molar-refractivity contribution >= 4 is 22.9 Å². The molecule has 34 heavy (non-hydrogen) atoms. The van der Waals surface area contributed by atoms with Crippen LogP contribution in [0.15, 0.2) is 53.4 Å². The maximum atomic E-state index is 13.5. The Labute approximate surface area is 191 Å². The number of hydrogen-bond donors (Lipinski definition) is 1. The number of anilines is 1. The van der Waals surface area contributed by atoms with Gasteiger partial charge in [-0.05, 0) is 36.8 Å². The van der Waals surface area contributed by atoms with E-state index in [1.807, 2.05) is 0 Å². The third-order valence-corrected chi connectivity index (χ3v) is 5.68. The predicted octanol–water partition coefficient (Wildman–Crippen LogP) is 5.89. The minimum absolute atomic E-state index is 0.00861. The molecule has 1 amide bonds. The number of carbonyl (C=O) groups is 1. The van der Waals surface area contributed by atoms with E-state index in [0.29, 0.717) is 16.8 Å². The number of alkyl halides is 6. The summed E-state index contributed by atoms with van der Waals surface area (Å²) in [6, 6.07) is 3.63. The number of nitrogens with zero attached hydrogens (tertiary/aromatic N) is 4. The first-order valence-corrected chi connectivity index (χ1v) is 10.3. The lowest BCUT2D eigenvalue weighted by Gasteiger charge is -2.20. The molecular weight excluding hydrogens is 488 g/mol. The summed E-state index contributed by atoms with van der Waals surface area (Å²) in [7, 11) is 0. The molecule has 0 bridgehead atoms. The number of hydrogen-bond acceptors (Lipinski definition) is 6. The first kappa shape index (κ1) is 23.5. The van der Waals surface area contributed by atoms with Crippen molar-refractivity contribution < 1.29 is 35.6 Å². The van der Waals surface area contributed by atoms with Gasteiger partial charge in [0.15, 0.2) is 10.8 Å². The normalized spacial score (nSPS) is 13.1. The van der Waals surface area contributed by atoms with Crippen molar-refractivity contribution in [3.05, 3.63) is 70.7 Å². The summed E-state index contributed by atoms with van der Waals surface area (Å²) in [5.74, 6) is -0.205. The standard InChI is InChI=1S/C20H13F6N5O2S/c1-10(13-5-4-11(19(21,22)23)7-14(13)20(24,25)26)31-9-12(8-27-31)28-16(32)18-30-29-17(34-18)15-3-2-6-33-15/h2-10H,1H3,(H,28,32)/t10-/m0/s1. The fraction of sp³-hybridized carbons (Fsp3) is 0.200. The second kappa shape index (κ2) is 8.59. The molecule has 0 spiro atoms. The first-order chi connectivity index (χ1) is 15.9. The highest BCUT2D eigenvalue weighted by Crippen LogP contribution is 2.39. The zero-order valence-electron chi connectivity index (χ0n) is 17.0. The highest BCUT2D eigenvalue weighted by atomic mass is 32.1. The van der Waals surface area contributed by atoms with Gasteiger partial charge in [-0.15, -0.1) is 10.2 Å². The number of rotatable bonds is 5. The molecule has 0 aliphatic rings. The van der Waals surface area contributed by atoms with Crippen LogP contribution in [0.3, 0.4) is 0 Å². The highest BCUT2D eigenvalue weighted by Gasteiger charge is 2.39. The van der Waals surface area contributed by atoms with Gasteiger partial charge in [-0.1, -0.05) is 17.4 Å². The van der Waals surface area contributed by atoms with Gasteiger partial charge in [0.05, 0.1) is 35.3 Å². The summed E-state index contributed by atoms with van der Waals surface area (Å²) in [6.45, 7) is 1.34. The molecule has 0 aliphatic carbocycles. The molecule has 1 aromatic carbocycles. The summed E-state index contributed by atoms with van der Waals surface area (Å²) in [4.78, 5) is 12.4. The van der Waals surface area contributed by atoms with Gasteiger partial charge in [0.1, 0.15) is 0 Å². The molecular formula is C20H13F6N5O2S. The molecule has 0 saturated carbocycles. The molecule has 178 valence electrons. The van der Waals surface area contributed by atoms with Crippen molar-refractivity contribution in [1.29, 1.82) is 0 Å². The van der Waals surface area contributed by atoms with E-state index in [2.05, 4.69) is 20.6 Å². The third kappa shape index (κ3) is 4.81. The summed E-state index contributed by atoms with van der Waals surface area (Å²) in [6.07, 6.45) is -6.05. The Hall–Kier alpha value is -3.68. The Morgan fingerprint density at radius 1 is 1.12 bits per heavy atom. The van der Waals surface area contributed by atoms with Crippen LogP contribution in [-0.4, -0.2) is 25.9 Å². The highest BCUT2D eigenvalue weighted by molar-refractivity contribution is 7.16. The van der Waals surface area contributed by atoms with Crippen molar-refractivity contribution in [3.8, 4) is 10.8 Å². The van der Waals surface area contributed by atoms with Gasteiger partial charge in [0.2, 0.25) is 5.01 Å². The van der Waals surface area contributed by atoms with Crippen LogP contribution in [0.25, 0.3) is 10.8 Å². The number of amides is 1. The topological polar surface area (TPSA) is 85.8 Å². The Morgan fingerprint density at radius 3 is 2.53 bits per heavy atom. The van der Waals surface area contributed by atoms with Crippen LogP contribution in [0.4, 0.5) is 32.0 Å². The average Bonchev–Trinajstić information content (AvgIpc) is 3.52. The zero-order valence-corrected chi connectivity index (χ0v) is 17.8.